The van der Waals surface area contributed by atoms with Crippen LogP contribution in [0, 0.1) is 6.92 Å². The number of hydrogen-bond acceptors (Lipinski definition) is 5. The molecule has 1 aromatic heterocycles. The SMILES string of the molecule is Cc1cccc2cc(C(=O)Nc3ccc4c(c3)OCCO4)c(=O)oc12. The standard InChI is InChI=1S/C19H15NO5/c1-11-3-2-4-12-9-14(19(22)25-17(11)12)18(21)20-13-5-6-15-16(10-13)24-8-7-23-15/h2-6,9-10H,7-8H2,1H3,(H,20,21). The first-order valence-electron chi connectivity index (χ1n) is 7.86. The number of carbonyl (C=O) groups excluding carboxylic acids is 1. The van der Waals surface area contributed by atoms with Crippen LogP contribution in [0.3, 0.4) is 0 Å². The molecule has 1 aliphatic rings. The van der Waals surface area contributed by atoms with Gasteiger partial charge >= 0.3 is 5.63 Å². The zero-order valence-corrected chi connectivity index (χ0v) is 13.5. The molecule has 0 saturated heterocycles. The second-order valence-corrected chi connectivity index (χ2v) is 5.75. The lowest BCUT2D eigenvalue weighted by molar-refractivity contribution is 0.102. The summed E-state index contributed by atoms with van der Waals surface area (Å²) in [4.78, 5) is 24.7. The van der Waals surface area contributed by atoms with Crippen LogP contribution in [-0.4, -0.2) is 19.1 Å². The van der Waals surface area contributed by atoms with Gasteiger partial charge in [0.25, 0.3) is 5.91 Å². The Bertz CT molecular complexity index is 1040. The summed E-state index contributed by atoms with van der Waals surface area (Å²) < 4.78 is 16.2. The number of ether oxygens (including phenoxy) is 2. The smallest absolute Gasteiger partial charge is 0.349 e. The lowest BCUT2D eigenvalue weighted by Crippen LogP contribution is -2.21. The Morgan fingerprint density at radius 2 is 1.84 bits per heavy atom. The molecule has 126 valence electrons. The van der Waals surface area contributed by atoms with Crippen molar-refractivity contribution >= 4 is 22.6 Å². The van der Waals surface area contributed by atoms with Crippen molar-refractivity contribution in [3.05, 3.63) is 64.0 Å². The summed E-state index contributed by atoms with van der Waals surface area (Å²) in [6, 6.07) is 12.1. The van der Waals surface area contributed by atoms with E-state index in [0.29, 0.717) is 41.4 Å². The molecule has 6 heteroatoms. The van der Waals surface area contributed by atoms with Crippen LogP contribution < -0.4 is 20.4 Å². The predicted octanol–water partition coefficient (Wildman–Crippen LogP) is 3.12. The van der Waals surface area contributed by atoms with Gasteiger partial charge in [0.05, 0.1) is 0 Å². The number of carbonyl (C=O) groups is 1. The van der Waals surface area contributed by atoms with Crippen LogP contribution in [0.4, 0.5) is 5.69 Å². The second-order valence-electron chi connectivity index (χ2n) is 5.75. The molecule has 0 unspecified atom stereocenters. The van der Waals surface area contributed by atoms with E-state index in [9.17, 15) is 9.59 Å². The molecule has 6 nitrogen and oxygen atoms in total. The van der Waals surface area contributed by atoms with Crippen molar-refractivity contribution in [1.29, 1.82) is 0 Å². The van der Waals surface area contributed by atoms with Gasteiger partial charge in [-0.15, -0.1) is 0 Å². The van der Waals surface area contributed by atoms with Gasteiger partial charge in [0.2, 0.25) is 0 Å². The Kier molecular flexibility index (Phi) is 3.65. The Labute approximate surface area is 143 Å². The van der Waals surface area contributed by atoms with E-state index < -0.39 is 11.5 Å². The highest BCUT2D eigenvalue weighted by atomic mass is 16.6. The highest BCUT2D eigenvalue weighted by Gasteiger charge is 2.17. The molecule has 0 saturated carbocycles. The summed E-state index contributed by atoms with van der Waals surface area (Å²) in [5.41, 5.74) is 1.12. The molecule has 0 aliphatic carbocycles. The number of nitrogens with one attached hydrogen (secondary N) is 1. The fourth-order valence-electron chi connectivity index (χ4n) is 2.77. The van der Waals surface area contributed by atoms with Crippen LogP contribution in [0.1, 0.15) is 15.9 Å². The highest BCUT2D eigenvalue weighted by molar-refractivity contribution is 6.05. The van der Waals surface area contributed by atoms with E-state index in [1.807, 2.05) is 19.1 Å². The van der Waals surface area contributed by atoms with Crippen LogP contribution in [0.5, 0.6) is 11.5 Å². The molecular formula is C19H15NO5. The van der Waals surface area contributed by atoms with Gasteiger partial charge in [0.15, 0.2) is 11.5 Å². The van der Waals surface area contributed by atoms with E-state index in [1.54, 1.807) is 30.3 Å². The van der Waals surface area contributed by atoms with Crippen molar-refractivity contribution < 1.29 is 18.7 Å². The fourth-order valence-corrected chi connectivity index (χ4v) is 2.77. The van der Waals surface area contributed by atoms with Crippen molar-refractivity contribution in [2.24, 2.45) is 0 Å². The molecule has 4 rings (SSSR count). The fraction of sp³-hybridized carbons (Fsp3) is 0.158. The van der Waals surface area contributed by atoms with E-state index in [-0.39, 0.29) is 5.56 Å². The Morgan fingerprint density at radius 3 is 2.68 bits per heavy atom. The molecule has 25 heavy (non-hydrogen) atoms. The Hall–Kier alpha value is -3.28. The maximum Gasteiger partial charge on any atom is 0.349 e. The van der Waals surface area contributed by atoms with E-state index in [4.69, 9.17) is 13.9 Å². The van der Waals surface area contributed by atoms with Gasteiger partial charge in [0.1, 0.15) is 24.4 Å². The van der Waals surface area contributed by atoms with Crippen molar-refractivity contribution in [3.63, 3.8) is 0 Å². The summed E-state index contributed by atoms with van der Waals surface area (Å²) in [6.45, 7) is 2.80. The summed E-state index contributed by atoms with van der Waals surface area (Å²) in [5, 5.41) is 3.39. The maximum absolute atomic E-state index is 12.5. The molecule has 2 aromatic carbocycles. The summed E-state index contributed by atoms with van der Waals surface area (Å²) in [5.74, 6) is 0.656. The third-order valence-corrected chi connectivity index (χ3v) is 4.00. The minimum Gasteiger partial charge on any atom is -0.486 e. The number of hydrogen-bond donors (Lipinski definition) is 1. The van der Waals surface area contributed by atoms with Crippen LogP contribution in [0.2, 0.25) is 0 Å². The van der Waals surface area contributed by atoms with Gasteiger partial charge in [-0.25, -0.2) is 4.79 Å². The maximum atomic E-state index is 12.5. The molecule has 0 bridgehead atoms. The van der Waals surface area contributed by atoms with E-state index in [2.05, 4.69) is 5.32 Å². The number of para-hydroxylation sites is 1. The van der Waals surface area contributed by atoms with E-state index >= 15 is 0 Å². The molecule has 0 atom stereocenters. The van der Waals surface area contributed by atoms with Gasteiger partial charge in [-0.2, -0.15) is 0 Å². The first-order valence-corrected chi connectivity index (χ1v) is 7.86. The average molecular weight is 337 g/mol. The number of aryl methyl sites for hydroxylation is 1. The van der Waals surface area contributed by atoms with Crippen molar-refractivity contribution in [1.82, 2.24) is 0 Å². The zero-order chi connectivity index (χ0) is 17.4. The first kappa shape index (κ1) is 15.3. The normalized spacial score (nSPS) is 12.8. The Balaban J connectivity index is 1.66. The minimum absolute atomic E-state index is 0.0482. The third-order valence-electron chi connectivity index (χ3n) is 4.00. The highest BCUT2D eigenvalue weighted by Crippen LogP contribution is 2.32. The number of rotatable bonds is 2. The van der Waals surface area contributed by atoms with Gasteiger partial charge in [-0.3, -0.25) is 4.79 Å². The number of anilines is 1. The van der Waals surface area contributed by atoms with Crippen molar-refractivity contribution in [2.75, 3.05) is 18.5 Å². The monoisotopic (exact) mass is 337 g/mol. The average Bonchev–Trinajstić information content (AvgIpc) is 2.62. The summed E-state index contributed by atoms with van der Waals surface area (Å²) in [6.07, 6.45) is 0. The lowest BCUT2D eigenvalue weighted by atomic mass is 10.1. The lowest BCUT2D eigenvalue weighted by Gasteiger charge is -2.18. The summed E-state index contributed by atoms with van der Waals surface area (Å²) >= 11 is 0. The number of fused-ring (bicyclic) bond motifs is 2. The molecule has 0 fully saturated rings. The molecule has 1 amide bonds. The molecular weight excluding hydrogens is 322 g/mol. The number of benzene rings is 2. The largest absolute Gasteiger partial charge is 0.486 e. The Morgan fingerprint density at radius 1 is 1.04 bits per heavy atom. The molecule has 1 N–H and O–H groups in total. The van der Waals surface area contributed by atoms with E-state index in [1.165, 1.54) is 0 Å². The predicted molar refractivity (Wildman–Crippen MR) is 92.6 cm³/mol. The topological polar surface area (TPSA) is 77.8 Å². The van der Waals surface area contributed by atoms with E-state index in [0.717, 1.165) is 5.56 Å². The first-order chi connectivity index (χ1) is 12.1. The molecule has 1 aliphatic heterocycles. The quantitative estimate of drug-likeness (QED) is 0.727. The van der Waals surface area contributed by atoms with Gasteiger partial charge < -0.3 is 19.2 Å². The van der Waals surface area contributed by atoms with Crippen molar-refractivity contribution in [3.8, 4) is 11.5 Å². The third kappa shape index (κ3) is 2.82. The second kappa shape index (κ2) is 5.98. The van der Waals surface area contributed by atoms with Crippen LogP contribution in [0.15, 0.2) is 51.7 Å². The minimum atomic E-state index is -0.670. The van der Waals surface area contributed by atoms with Crippen molar-refractivity contribution in [2.45, 2.75) is 6.92 Å². The van der Waals surface area contributed by atoms with Gasteiger partial charge in [-0.1, -0.05) is 18.2 Å². The zero-order valence-electron chi connectivity index (χ0n) is 13.5. The van der Waals surface area contributed by atoms with Crippen LogP contribution in [-0.2, 0) is 0 Å². The molecule has 0 spiro atoms. The van der Waals surface area contributed by atoms with Crippen LogP contribution >= 0.6 is 0 Å². The van der Waals surface area contributed by atoms with Gasteiger partial charge in [0, 0.05) is 17.1 Å². The molecule has 0 radical (unpaired) electrons. The van der Waals surface area contributed by atoms with Gasteiger partial charge in [-0.05, 0) is 30.7 Å². The molecule has 3 aromatic rings. The summed E-state index contributed by atoms with van der Waals surface area (Å²) in [7, 11) is 0. The number of amides is 1. The molecule has 2 heterocycles. The van der Waals surface area contributed by atoms with Crippen LogP contribution in [0.25, 0.3) is 11.0 Å².